The molecule has 0 aliphatic heterocycles. The number of aromatic nitrogens is 2. The van der Waals surface area contributed by atoms with Gasteiger partial charge >= 0.3 is 12.2 Å². The third kappa shape index (κ3) is 4.63. The molecule has 0 saturated heterocycles. The Kier molecular flexibility index (Phi) is 5.73. The van der Waals surface area contributed by atoms with Gasteiger partial charge < -0.3 is 10.6 Å². The standard InChI is InChI=1S/C21H25F3N4O/c1-12(2)25-20(29)26-17-8-5-15(11-17)19-13(3)27-28(14(19)4)18-9-6-16(7-10-18)21(22,23)24/h5-10,12,15,17H,11H2,1-4H3,(H2,25,26,29). The molecule has 29 heavy (non-hydrogen) atoms. The monoisotopic (exact) mass is 406 g/mol. The fourth-order valence-electron chi connectivity index (χ4n) is 3.73. The first-order valence-electron chi connectivity index (χ1n) is 9.55. The van der Waals surface area contributed by atoms with Crippen molar-refractivity contribution in [1.82, 2.24) is 20.4 Å². The second-order valence-corrected chi connectivity index (χ2v) is 7.65. The highest BCUT2D eigenvalue weighted by molar-refractivity contribution is 5.74. The van der Waals surface area contributed by atoms with Crippen molar-refractivity contribution in [3.8, 4) is 5.69 Å². The van der Waals surface area contributed by atoms with E-state index in [1.54, 1.807) is 4.68 Å². The summed E-state index contributed by atoms with van der Waals surface area (Å²) in [6, 6.07) is 4.76. The number of hydrogen-bond donors (Lipinski definition) is 2. The second-order valence-electron chi connectivity index (χ2n) is 7.65. The lowest BCUT2D eigenvalue weighted by molar-refractivity contribution is -0.137. The number of aryl methyl sites for hydroxylation is 1. The van der Waals surface area contributed by atoms with Gasteiger partial charge in [0.1, 0.15) is 0 Å². The molecule has 8 heteroatoms. The summed E-state index contributed by atoms with van der Waals surface area (Å²) in [5.74, 6) is 0.0857. The van der Waals surface area contributed by atoms with Gasteiger partial charge in [-0.05, 0) is 58.4 Å². The summed E-state index contributed by atoms with van der Waals surface area (Å²) in [6.07, 6.45) is 0.372. The van der Waals surface area contributed by atoms with Gasteiger partial charge in [-0.15, -0.1) is 0 Å². The molecule has 1 heterocycles. The van der Waals surface area contributed by atoms with Crippen LogP contribution in [0.5, 0.6) is 0 Å². The number of halogens is 3. The molecular weight excluding hydrogens is 381 g/mol. The van der Waals surface area contributed by atoms with Crippen molar-refractivity contribution in [2.24, 2.45) is 0 Å². The average molecular weight is 406 g/mol. The Labute approximate surface area is 168 Å². The molecule has 1 aromatic carbocycles. The zero-order valence-corrected chi connectivity index (χ0v) is 16.8. The summed E-state index contributed by atoms with van der Waals surface area (Å²) in [5, 5.41) is 10.3. The molecule has 2 atom stereocenters. The SMILES string of the molecule is Cc1nn(-c2ccc(C(F)(F)F)cc2)c(C)c1C1C=CC(NC(=O)NC(C)C)C1. The Balaban J connectivity index is 1.77. The summed E-state index contributed by atoms with van der Waals surface area (Å²) >= 11 is 0. The molecule has 0 fully saturated rings. The van der Waals surface area contributed by atoms with E-state index in [1.807, 2.05) is 33.8 Å². The number of carbonyl (C=O) groups is 1. The molecule has 1 aromatic heterocycles. The Morgan fingerprint density at radius 2 is 1.83 bits per heavy atom. The molecular formula is C21H25F3N4O. The largest absolute Gasteiger partial charge is 0.416 e. The fraction of sp³-hybridized carbons (Fsp3) is 0.429. The number of allylic oxidation sites excluding steroid dienone is 1. The van der Waals surface area contributed by atoms with E-state index in [-0.39, 0.29) is 24.0 Å². The lowest BCUT2D eigenvalue weighted by Gasteiger charge is -2.16. The molecule has 0 radical (unpaired) electrons. The highest BCUT2D eigenvalue weighted by Gasteiger charge is 2.30. The van der Waals surface area contributed by atoms with Gasteiger partial charge in [0.05, 0.1) is 16.9 Å². The van der Waals surface area contributed by atoms with E-state index < -0.39 is 11.7 Å². The normalized spacial score (nSPS) is 19.0. The molecule has 0 spiro atoms. The Hall–Kier alpha value is -2.77. The average Bonchev–Trinajstić information content (AvgIpc) is 3.17. The first kappa shape index (κ1) is 21.0. The number of amides is 2. The van der Waals surface area contributed by atoms with Gasteiger partial charge in [0.15, 0.2) is 0 Å². The molecule has 1 aliphatic carbocycles. The quantitative estimate of drug-likeness (QED) is 0.728. The number of nitrogens with zero attached hydrogens (tertiary/aromatic N) is 2. The van der Waals surface area contributed by atoms with Crippen molar-refractivity contribution in [3.05, 3.63) is 58.9 Å². The van der Waals surface area contributed by atoms with E-state index in [9.17, 15) is 18.0 Å². The highest BCUT2D eigenvalue weighted by atomic mass is 19.4. The summed E-state index contributed by atoms with van der Waals surface area (Å²) in [7, 11) is 0. The number of alkyl halides is 3. The molecule has 3 rings (SSSR count). The van der Waals surface area contributed by atoms with Crippen LogP contribution in [-0.2, 0) is 6.18 Å². The summed E-state index contributed by atoms with van der Waals surface area (Å²) < 4.78 is 40.1. The summed E-state index contributed by atoms with van der Waals surface area (Å²) in [4.78, 5) is 11.9. The zero-order valence-electron chi connectivity index (χ0n) is 16.8. The molecule has 1 aliphatic rings. The second kappa shape index (κ2) is 7.93. The van der Waals surface area contributed by atoms with Gasteiger partial charge in [-0.25, -0.2) is 9.48 Å². The van der Waals surface area contributed by atoms with Gasteiger partial charge in [0, 0.05) is 29.3 Å². The molecule has 0 bridgehead atoms. The van der Waals surface area contributed by atoms with Crippen molar-refractivity contribution in [2.75, 3.05) is 0 Å². The number of nitrogens with one attached hydrogen (secondary N) is 2. The van der Waals surface area contributed by atoms with E-state index in [2.05, 4.69) is 21.8 Å². The zero-order chi connectivity index (χ0) is 21.3. The van der Waals surface area contributed by atoms with Crippen LogP contribution in [0, 0.1) is 13.8 Å². The molecule has 2 N–H and O–H groups in total. The van der Waals surface area contributed by atoms with Gasteiger partial charge in [-0.3, -0.25) is 0 Å². The molecule has 2 amide bonds. The summed E-state index contributed by atoms with van der Waals surface area (Å²) in [5.41, 5.74) is 2.64. The topological polar surface area (TPSA) is 59.0 Å². The first-order chi connectivity index (χ1) is 13.6. The van der Waals surface area contributed by atoms with Crippen LogP contribution in [0.4, 0.5) is 18.0 Å². The van der Waals surface area contributed by atoms with Crippen LogP contribution in [0.1, 0.15) is 48.7 Å². The predicted octanol–water partition coefficient (Wildman–Crippen LogP) is 4.63. The van der Waals surface area contributed by atoms with E-state index in [4.69, 9.17) is 0 Å². The van der Waals surface area contributed by atoms with Crippen LogP contribution in [0.3, 0.4) is 0 Å². The molecule has 2 aromatic rings. The van der Waals surface area contributed by atoms with Crippen LogP contribution in [0.15, 0.2) is 36.4 Å². The van der Waals surface area contributed by atoms with Crippen LogP contribution in [-0.4, -0.2) is 27.9 Å². The number of hydrogen-bond acceptors (Lipinski definition) is 2. The lowest BCUT2D eigenvalue weighted by atomic mass is 9.96. The van der Waals surface area contributed by atoms with Crippen molar-refractivity contribution >= 4 is 6.03 Å². The van der Waals surface area contributed by atoms with E-state index in [0.29, 0.717) is 12.1 Å². The van der Waals surface area contributed by atoms with Crippen molar-refractivity contribution in [3.63, 3.8) is 0 Å². The van der Waals surface area contributed by atoms with Crippen LogP contribution in [0.2, 0.25) is 0 Å². The fourth-order valence-corrected chi connectivity index (χ4v) is 3.73. The maximum Gasteiger partial charge on any atom is 0.416 e. The number of urea groups is 1. The minimum Gasteiger partial charge on any atom is -0.336 e. The number of rotatable bonds is 4. The van der Waals surface area contributed by atoms with Crippen molar-refractivity contribution < 1.29 is 18.0 Å². The van der Waals surface area contributed by atoms with Crippen LogP contribution < -0.4 is 10.6 Å². The number of benzene rings is 1. The van der Waals surface area contributed by atoms with E-state index in [0.717, 1.165) is 29.1 Å². The van der Waals surface area contributed by atoms with E-state index in [1.165, 1.54) is 12.1 Å². The smallest absolute Gasteiger partial charge is 0.336 e. The van der Waals surface area contributed by atoms with E-state index >= 15 is 0 Å². The predicted molar refractivity (Wildman–Crippen MR) is 105 cm³/mol. The van der Waals surface area contributed by atoms with Crippen molar-refractivity contribution in [2.45, 2.75) is 58.3 Å². The highest BCUT2D eigenvalue weighted by Crippen LogP contribution is 2.34. The van der Waals surface area contributed by atoms with Crippen LogP contribution >= 0.6 is 0 Å². The maximum atomic E-state index is 12.8. The Morgan fingerprint density at radius 1 is 1.17 bits per heavy atom. The Morgan fingerprint density at radius 3 is 2.41 bits per heavy atom. The number of carbonyl (C=O) groups excluding carboxylic acids is 1. The van der Waals surface area contributed by atoms with Gasteiger partial charge in [0.2, 0.25) is 0 Å². The molecule has 156 valence electrons. The first-order valence-corrected chi connectivity index (χ1v) is 9.55. The van der Waals surface area contributed by atoms with Gasteiger partial charge in [-0.2, -0.15) is 18.3 Å². The lowest BCUT2D eigenvalue weighted by Crippen LogP contribution is -2.43. The summed E-state index contributed by atoms with van der Waals surface area (Å²) in [6.45, 7) is 7.60. The molecule has 0 saturated carbocycles. The minimum atomic E-state index is -4.36. The maximum absolute atomic E-state index is 12.8. The minimum absolute atomic E-state index is 0.0580. The van der Waals surface area contributed by atoms with Gasteiger partial charge in [0.25, 0.3) is 0 Å². The molecule has 2 unspecified atom stereocenters. The molecule has 5 nitrogen and oxygen atoms in total. The third-order valence-corrected chi connectivity index (χ3v) is 4.98. The van der Waals surface area contributed by atoms with Crippen molar-refractivity contribution in [1.29, 1.82) is 0 Å². The van der Waals surface area contributed by atoms with Crippen LogP contribution in [0.25, 0.3) is 5.69 Å². The van der Waals surface area contributed by atoms with Gasteiger partial charge in [-0.1, -0.05) is 12.2 Å². The Bertz CT molecular complexity index is 913. The third-order valence-electron chi connectivity index (χ3n) is 4.98.